The first kappa shape index (κ1) is 18.4. The summed E-state index contributed by atoms with van der Waals surface area (Å²) in [7, 11) is 1.67. The summed E-state index contributed by atoms with van der Waals surface area (Å²) in [4.78, 5) is 14.4. The Kier molecular flexibility index (Phi) is 5.88. The van der Waals surface area contributed by atoms with Crippen molar-refractivity contribution in [2.24, 2.45) is 5.84 Å². The molecule has 2 aromatic rings. The van der Waals surface area contributed by atoms with Crippen LogP contribution in [0.1, 0.15) is 6.42 Å². The Bertz CT molecular complexity index is 728. The van der Waals surface area contributed by atoms with Crippen LogP contribution in [0.2, 0.25) is 0 Å². The summed E-state index contributed by atoms with van der Waals surface area (Å²) in [6, 6.07) is 17.5. The molecule has 0 saturated carbocycles. The number of para-hydroxylation sites is 3. The van der Waals surface area contributed by atoms with Crippen LogP contribution in [0.3, 0.4) is 0 Å². The molecule has 1 heterocycles. The number of rotatable bonds is 6. The molecule has 1 amide bonds. The molecule has 1 saturated heterocycles. The maximum Gasteiger partial charge on any atom is 0.225 e. The quantitative estimate of drug-likeness (QED) is 0.616. The Morgan fingerprint density at radius 3 is 2.46 bits per heavy atom. The number of hydrogen-bond acceptors (Lipinski definition) is 4. The van der Waals surface area contributed by atoms with Crippen molar-refractivity contribution in [1.82, 2.24) is 9.49 Å². The van der Waals surface area contributed by atoms with Crippen molar-refractivity contribution in [3.63, 3.8) is 0 Å². The maximum absolute atomic E-state index is 12.1. The fourth-order valence-electron chi connectivity index (χ4n) is 3.33. The molecule has 0 atom stereocenters. The molecular weight excluding hydrogens is 328 g/mol. The van der Waals surface area contributed by atoms with Gasteiger partial charge in [-0.25, -0.2) is 4.59 Å². The van der Waals surface area contributed by atoms with Crippen LogP contribution in [0.25, 0.3) is 0 Å². The zero-order valence-corrected chi connectivity index (χ0v) is 15.2. The van der Waals surface area contributed by atoms with E-state index in [0.29, 0.717) is 11.0 Å². The predicted octanol–water partition coefficient (Wildman–Crippen LogP) is 2.22. The number of carbonyl (C=O) groups excluding carboxylic acids is 1. The SMILES string of the molecule is COc1ccccc1[N+]1(N)CCN(CCC(=O)Nc2ccccc2)CC1. The van der Waals surface area contributed by atoms with Crippen LogP contribution in [0.15, 0.2) is 54.6 Å². The summed E-state index contributed by atoms with van der Waals surface area (Å²) >= 11 is 0. The third-order valence-corrected chi connectivity index (χ3v) is 4.91. The molecule has 0 aromatic heterocycles. The molecule has 26 heavy (non-hydrogen) atoms. The molecule has 3 rings (SSSR count). The lowest BCUT2D eigenvalue weighted by Gasteiger charge is -2.40. The number of ether oxygens (including phenoxy) is 1. The summed E-state index contributed by atoms with van der Waals surface area (Å²) in [6.45, 7) is 4.03. The van der Waals surface area contributed by atoms with Gasteiger partial charge < -0.3 is 10.1 Å². The highest BCUT2D eigenvalue weighted by atomic mass is 16.5. The molecule has 0 aliphatic carbocycles. The first-order chi connectivity index (χ1) is 12.6. The summed E-state index contributed by atoms with van der Waals surface area (Å²) in [5.41, 5.74) is 1.85. The van der Waals surface area contributed by atoms with Gasteiger partial charge in [0.15, 0.2) is 11.4 Å². The van der Waals surface area contributed by atoms with Gasteiger partial charge in [-0.15, -0.1) is 0 Å². The molecule has 6 heteroatoms. The summed E-state index contributed by atoms with van der Waals surface area (Å²) in [6.07, 6.45) is 0.480. The molecule has 1 fully saturated rings. The number of carbonyl (C=O) groups is 1. The van der Waals surface area contributed by atoms with Gasteiger partial charge in [0.05, 0.1) is 20.2 Å². The van der Waals surface area contributed by atoms with E-state index in [1.54, 1.807) is 7.11 Å². The summed E-state index contributed by atoms with van der Waals surface area (Å²) in [5, 5.41) is 2.93. The summed E-state index contributed by atoms with van der Waals surface area (Å²) < 4.78 is 5.84. The van der Waals surface area contributed by atoms with Crippen molar-refractivity contribution < 1.29 is 9.53 Å². The first-order valence-electron chi connectivity index (χ1n) is 8.97. The third kappa shape index (κ3) is 4.40. The third-order valence-electron chi connectivity index (χ3n) is 4.91. The van der Waals surface area contributed by atoms with E-state index in [9.17, 15) is 4.79 Å². The second-order valence-corrected chi connectivity index (χ2v) is 6.66. The highest BCUT2D eigenvalue weighted by Crippen LogP contribution is 2.31. The summed E-state index contributed by atoms with van der Waals surface area (Å²) in [5.74, 6) is 7.50. The zero-order chi connectivity index (χ0) is 18.4. The molecule has 6 nitrogen and oxygen atoms in total. The van der Waals surface area contributed by atoms with Crippen molar-refractivity contribution in [2.45, 2.75) is 6.42 Å². The average Bonchev–Trinajstić information content (AvgIpc) is 2.68. The van der Waals surface area contributed by atoms with Gasteiger partial charge in [-0.1, -0.05) is 30.3 Å². The first-order valence-corrected chi connectivity index (χ1v) is 8.97. The largest absolute Gasteiger partial charge is 0.491 e. The van der Waals surface area contributed by atoms with E-state index in [2.05, 4.69) is 10.2 Å². The van der Waals surface area contributed by atoms with Crippen LogP contribution < -0.4 is 20.5 Å². The lowest BCUT2D eigenvalue weighted by atomic mass is 10.2. The monoisotopic (exact) mass is 355 g/mol. The van der Waals surface area contributed by atoms with E-state index in [1.807, 2.05) is 54.6 Å². The van der Waals surface area contributed by atoms with Gasteiger partial charge in [0.2, 0.25) is 5.91 Å². The van der Waals surface area contributed by atoms with E-state index in [-0.39, 0.29) is 5.91 Å². The minimum absolute atomic E-state index is 0.0417. The van der Waals surface area contributed by atoms with E-state index in [0.717, 1.165) is 49.8 Å². The highest BCUT2D eigenvalue weighted by Gasteiger charge is 2.34. The number of nitrogens with two attached hydrogens (primary N) is 1. The molecule has 0 bridgehead atoms. The van der Waals surface area contributed by atoms with Gasteiger partial charge in [-0.05, 0) is 18.2 Å². The van der Waals surface area contributed by atoms with Gasteiger partial charge in [0.25, 0.3) is 0 Å². The van der Waals surface area contributed by atoms with Crippen LogP contribution in [-0.2, 0) is 4.79 Å². The Hall–Kier alpha value is -2.41. The van der Waals surface area contributed by atoms with Crippen molar-refractivity contribution in [3.8, 4) is 5.75 Å². The van der Waals surface area contributed by atoms with E-state index < -0.39 is 0 Å². The lowest BCUT2D eigenvalue weighted by molar-refractivity contribution is -0.116. The molecule has 2 aromatic carbocycles. The number of amides is 1. The van der Waals surface area contributed by atoms with Crippen LogP contribution in [-0.4, -0.2) is 50.6 Å². The molecule has 138 valence electrons. The molecule has 0 spiro atoms. The maximum atomic E-state index is 12.1. The number of hydrogen-bond donors (Lipinski definition) is 2. The Labute approximate surface area is 154 Å². The van der Waals surface area contributed by atoms with Gasteiger partial charge in [-0.2, -0.15) is 5.84 Å². The number of nitrogens with one attached hydrogen (secondary N) is 1. The molecule has 3 N–H and O–H groups in total. The molecule has 0 unspecified atom stereocenters. The normalized spacial score (nSPS) is 16.8. The highest BCUT2D eigenvalue weighted by molar-refractivity contribution is 5.90. The van der Waals surface area contributed by atoms with Crippen molar-refractivity contribution in [1.29, 1.82) is 0 Å². The molecular formula is C20H27N4O2+. The predicted molar refractivity (Wildman–Crippen MR) is 105 cm³/mol. The topological polar surface area (TPSA) is 67.6 Å². The van der Waals surface area contributed by atoms with E-state index in [4.69, 9.17) is 10.6 Å². The fraction of sp³-hybridized carbons (Fsp3) is 0.350. The second kappa shape index (κ2) is 8.31. The van der Waals surface area contributed by atoms with Crippen molar-refractivity contribution in [2.75, 3.05) is 45.2 Å². The van der Waals surface area contributed by atoms with Gasteiger partial charge in [0.1, 0.15) is 13.1 Å². The molecule has 1 aliphatic heterocycles. The van der Waals surface area contributed by atoms with E-state index in [1.165, 1.54) is 0 Å². The average molecular weight is 355 g/mol. The number of methoxy groups -OCH3 is 1. The van der Waals surface area contributed by atoms with Crippen molar-refractivity contribution in [3.05, 3.63) is 54.6 Å². The Morgan fingerprint density at radius 1 is 1.12 bits per heavy atom. The zero-order valence-electron chi connectivity index (χ0n) is 15.2. The van der Waals surface area contributed by atoms with Crippen LogP contribution >= 0.6 is 0 Å². The minimum Gasteiger partial charge on any atom is -0.491 e. The minimum atomic E-state index is 0.0417. The van der Waals surface area contributed by atoms with Crippen LogP contribution in [0, 0.1) is 0 Å². The Balaban J connectivity index is 1.50. The standard InChI is InChI=1S/C20H26N4O2/c1-26-19-10-6-5-9-18(19)24(21)15-13-23(14-16-24)12-11-20(25)22-17-7-3-2-4-8-17/h2-10H,11-16,21H2,1H3/p+1. The second-order valence-electron chi connectivity index (χ2n) is 6.66. The number of anilines is 1. The molecule has 1 aliphatic rings. The Morgan fingerprint density at radius 2 is 1.77 bits per heavy atom. The number of nitrogens with zero attached hydrogens (tertiary/aromatic N) is 2. The smallest absolute Gasteiger partial charge is 0.225 e. The number of piperazine rings is 1. The van der Waals surface area contributed by atoms with E-state index >= 15 is 0 Å². The number of quaternary nitrogens is 1. The van der Waals surface area contributed by atoms with Crippen LogP contribution in [0.4, 0.5) is 11.4 Å². The number of benzene rings is 2. The fourth-order valence-corrected chi connectivity index (χ4v) is 3.33. The van der Waals surface area contributed by atoms with Crippen LogP contribution in [0.5, 0.6) is 5.75 Å². The van der Waals surface area contributed by atoms with Crippen molar-refractivity contribution >= 4 is 17.3 Å². The van der Waals surface area contributed by atoms with Gasteiger partial charge >= 0.3 is 0 Å². The van der Waals surface area contributed by atoms with Gasteiger partial charge in [0, 0.05) is 24.7 Å². The molecule has 0 radical (unpaired) electrons. The van der Waals surface area contributed by atoms with Gasteiger partial charge in [-0.3, -0.25) is 9.69 Å². The lowest BCUT2D eigenvalue weighted by Crippen LogP contribution is -2.65.